The van der Waals surface area contributed by atoms with E-state index in [-0.39, 0.29) is 5.69 Å². The van der Waals surface area contributed by atoms with Gasteiger partial charge in [0.1, 0.15) is 5.75 Å². The molecule has 94 valence electrons. The van der Waals surface area contributed by atoms with Crippen molar-refractivity contribution in [2.24, 2.45) is 7.05 Å². The second kappa shape index (κ2) is 4.74. The molecule has 2 rings (SSSR count). The summed E-state index contributed by atoms with van der Waals surface area (Å²) in [6.07, 6.45) is 0. The minimum absolute atomic E-state index is 0.113. The number of H-pyrrole nitrogens is 1. The Bertz CT molecular complexity index is 629. The van der Waals surface area contributed by atoms with Gasteiger partial charge in [0, 0.05) is 11.8 Å². The molecule has 0 unspecified atom stereocenters. The Labute approximate surface area is 102 Å². The highest BCUT2D eigenvalue weighted by atomic mass is 16.5. The molecule has 0 spiro atoms. The summed E-state index contributed by atoms with van der Waals surface area (Å²) >= 11 is 0. The fourth-order valence-electron chi connectivity index (χ4n) is 1.48. The van der Waals surface area contributed by atoms with Gasteiger partial charge in [-0.1, -0.05) is 10.7 Å². The summed E-state index contributed by atoms with van der Waals surface area (Å²) in [7, 11) is 3.03. The van der Waals surface area contributed by atoms with Crippen molar-refractivity contribution in [1.29, 1.82) is 0 Å². The number of methoxy groups -OCH3 is 1. The summed E-state index contributed by atoms with van der Waals surface area (Å²) in [5.41, 5.74) is -0.310. The van der Waals surface area contributed by atoms with E-state index in [1.165, 1.54) is 18.8 Å². The van der Waals surface area contributed by atoms with E-state index in [1.807, 2.05) is 0 Å². The first-order valence-corrected chi connectivity index (χ1v) is 5.14. The van der Waals surface area contributed by atoms with E-state index in [1.54, 1.807) is 24.3 Å². The number of benzene rings is 1. The van der Waals surface area contributed by atoms with Crippen LogP contribution in [0.2, 0.25) is 0 Å². The summed E-state index contributed by atoms with van der Waals surface area (Å²) in [5, 5.41) is 4.85. The van der Waals surface area contributed by atoms with Crippen molar-refractivity contribution in [2.45, 2.75) is 0 Å². The lowest BCUT2D eigenvalue weighted by molar-refractivity contribution is -0.741. The van der Waals surface area contributed by atoms with Crippen LogP contribution in [-0.4, -0.2) is 18.3 Å². The van der Waals surface area contributed by atoms with E-state index in [9.17, 15) is 9.59 Å². The topological polar surface area (TPSA) is 88.2 Å². The molecule has 2 aromatic rings. The average molecular weight is 250 g/mol. The first-order valence-electron chi connectivity index (χ1n) is 5.14. The van der Waals surface area contributed by atoms with Crippen LogP contribution in [0.25, 0.3) is 0 Å². The van der Waals surface area contributed by atoms with Crippen molar-refractivity contribution in [3.05, 3.63) is 40.4 Å². The zero-order valence-electron chi connectivity index (χ0n) is 9.89. The molecule has 2 N–H and O–H groups in total. The maximum Gasteiger partial charge on any atom is 0.440 e. The number of hydrogen-bond donors (Lipinski definition) is 2. The van der Waals surface area contributed by atoms with Gasteiger partial charge in [0.15, 0.2) is 7.05 Å². The Hall–Kier alpha value is -2.57. The van der Waals surface area contributed by atoms with Crippen molar-refractivity contribution >= 4 is 11.6 Å². The van der Waals surface area contributed by atoms with Gasteiger partial charge in [0.25, 0.3) is 0 Å². The van der Waals surface area contributed by atoms with Crippen molar-refractivity contribution in [2.75, 3.05) is 12.4 Å². The summed E-state index contributed by atoms with van der Waals surface area (Å²) in [4.78, 5) is 23.2. The fourth-order valence-corrected chi connectivity index (χ4v) is 1.48. The summed E-state index contributed by atoms with van der Waals surface area (Å²) in [6, 6.07) is 6.81. The van der Waals surface area contributed by atoms with E-state index in [4.69, 9.17) is 4.74 Å². The predicted octanol–water partition coefficient (Wildman–Crippen LogP) is 0.0533. The van der Waals surface area contributed by atoms with Crippen LogP contribution in [0.3, 0.4) is 0 Å². The molecule has 0 bridgehead atoms. The zero-order chi connectivity index (χ0) is 13.1. The van der Waals surface area contributed by atoms with Crippen LogP contribution in [0.4, 0.5) is 5.69 Å². The third-order valence-corrected chi connectivity index (χ3v) is 2.35. The Morgan fingerprint density at radius 2 is 2.28 bits per heavy atom. The van der Waals surface area contributed by atoms with Gasteiger partial charge in [-0.05, 0) is 17.4 Å². The number of aromatic amines is 1. The molecule has 0 aliphatic carbocycles. The van der Waals surface area contributed by atoms with Gasteiger partial charge in [-0.25, -0.2) is 4.79 Å². The number of aromatic nitrogens is 2. The molecule has 1 heterocycles. The van der Waals surface area contributed by atoms with Gasteiger partial charge in [-0.3, -0.25) is 9.32 Å². The van der Waals surface area contributed by atoms with E-state index >= 15 is 0 Å². The Kier molecular flexibility index (Phi) is 3.13. The molecule has 7 heteroatoms. The molecule has 0 radical (unpaired) electrons. The molecule has 0 fully saturated rings. The van der Waals surface area contributed by atoms with Crippen molar-refractivity contribution in [3.63, 3.8) is 0 Å². The third-order valence-electron chi connectivity index (χ3n) is 2.35. The molecule has 0 saturated heterocycles. The number of aryl methyl sites for hydroxylation is 1. The normalized spacial score (nSPS) is 10.1. The zero-order valence-corrected chi connectivity index (χ0v) is 9.89. The van der Waals surface area contributed by atoms with Crippen LogP contribution < -0.4 is 20.4 Å². The lowest BCUT2D eigenvalue weighted by Crippen LogP contribution is -2.41. The summed E-state index contributed by atoms with van der Waals surface area (Å²) in [6.45, 7) is 0. The minimum Gasteiger partial charge on any atom is -0.497 e. The SMILES string of the molecule is COc1cccc(NC(=O)c2c(=O)o[nH][n+]2C)c1. The number of carbonyl (C=O) groups is 1. The first-order chi connectivity index (χ1) is 8.61. The van der Waals surface area contributed by atoms with Crippen molar-refractivity contribution in [1.82, 2.24) is 5.27 Å². The molecule has 0 atom stereocenters. The molecule has 7 nitrogen and oxygen atoms in total. The number of ether oxygens (including phenoxy) is 1. The second-order valence-electron chi connectivity index (χ2n) is 3.57. The highest BCUT2D eigenvalue weighted by molar-refractivity contribution is 6.01. The van der Waals surface area contributed by atoms with Crippen LogP contribution in [0.15, 0.2) is 33.6 Å². The van der Waals surface area contributed by atoms with E-state index in [0.717, 1.165) is 0 Å². The molecule has 1 amide bonds. The Morgan fingerprint density at radius 3 is 2.89 bits per heavy atom. The number of hydrogen-bond acceptors (Lipinski definition) is 4. The highest BCUT2D eigenvalue weighted by Gasteiger charge is 2.26. The van der Waals surface area contributed by atoms with Gasteiger partial charge in [-0.15, -0.1) is 0 Å². The second-order valence-corrected chi connectivity index (χ2v) is 3.57. The van der Waals surface area contributed by atoms with Crippen LogP contribution >= 0.6 is 0 Å². The number of carbonyl (C=O) groups excluding carboxylic acids is 1. The average Bonchev–Trinajstić information content (AvgIpc) is 2.69. The van der Waals surface area contributed by atoms with E-state index in [0.29, 0.717) is 11.4 Å². The Balaban J connectivity index is 2.24. The van der Waals surface area contributed by atoms with Gasteiger partial charge in [-0.2, -0.15) is 0 Å². The quantitative estimate of drug-likeness (QED) is 0.753. The largest absolute Gasteiger partial charge is 0.497 e. The number of nitrogens with zero attached hydrogens (tertiary/aromatic N) is 1. The fraction of sp³-hybridized carbons (Fsp3) is 0.182. The molecule has 1 aromatic heterocycles. The van der Waals surface area contributed by atoms with Crippen molar-refractivity contribution in [3.8, 4) is 5.75 Å². The van der Waals surface area contributed by atoms with Gasteiger partial charge < -0.3 is 10.1 Å². The molecular formula is C11H12N3O4+. The number of amides is 1. The maximum atomic E-state index is 11.9. The highest BCUT2D eigenvalue weighted by Crippen LogP contribution is 2.16. The third kappa shape index (κ3) is 2.24. The van der Waals surface area contributed by atoms with E-state index in [2.05, 4.69) is 15.1 Å². The van der Waals surface area contributed by atoms with Gasteiger partial charge in [0.2, 0.25) is 0 Å². The monoisotopic (exact) mass is 250 g/mol. The smallest absolute Gasteiger partial charge is 0.440 e. The number of nitrogens with one attached hydrogen (secondary N) is 2. The number of anilines is 1. The molecule has 0 aliphatic heterocycles. The standard InChI is InChI=1S/C11H11N3O4/c1-14-9(11(16)18-13-14)10(15)12-7-4-3-5-8(6-7)17-2/h3-6H,1-2H3,(H-,12,13,15,16)/p+1. The van der Waals surface area contributed by atoms with Crippen LogP contribution in [0.1, 0.15) is 10.5 Å². The molecular weight excluding hydrogens is 238 g/mol. The Morgan fingerprint density at radius 1 is 1.50 bits per heavy atom. The van der Waals surface area contributed by atoms with Gasteiger partial charge >= 0.3 is 17.2 Å². The maximum absolute atomic E-state index is 11.9. The van der Waals surface area contributed by atoms with Gasteiger partial charge in [0.05, 0.1) is 7.11 Å². The van der Waals surface area contributed by atoms with E-state index < -0.39 is 11.5 Å². The molecule has 18 heavy (non-hydrogen) atoms. The van der Waals surface area contributed by atoms with Crippen LogP contribution in [0, 0.1) is 0 Å². The van der Waals surface area contributed by atoms with Crippen molar-refractivity contribution < 1.29 is 18.7 Å². The van der Waals surface area contributed by atoms with Crippen LogP contribution in [-0.2, 0) is 7.05 Å². The molecule has 1 aromatic carbocycles. The number of rotatable bonds is 3. The molecule has 0 saturated carbocycles. The summed E-state index contributed by atoms with van der Waals surface area (Å²) in [5.74, 6) is 0.0547. The minimum atomic E-state index is -0.724. The predicted molar refractivity (Wildman–Crippen MR) is 61.5 cm³/mol. The summed E-state index contributed by atoms with van der Waals surface area (Å²) < 4.78 is 10.7. The lowest BCUT2D eigenvalue weighted by Gasteiger charge is -2.03. The first kappa shape index (κ1) is 11.9. The van der Waals surface area contributed by atoms with Crippen LogP contribution in [0.5, 0.6) is 5.75 Å². The lowest BCUT2D eigenvalue weighted by atomic mass is 10.3. The molecule has 0 aliphatic rings.